The smallest absolute Gasteiger partial charge is 0.326 e. The van der Waals surface area contributed by atoms with Crippen LogP contribution in [0.3, 0.4) is 0 Å². The molecule has 0 heterocycles. The number of anilines is 2. The van der Waals surface area contributed by atoms with Gasteiger partial charge in [0.2, 0.25) is 5.91 Å². The van der Waals surface area contributed by atoms with Crippen LogP contribution in [0, 0.1) is 0 Å². The summed E-state index contributed by atoms with van der Waals surface area (Å²) in [6.07, 6.45) is -4.84. The topological polar surface area (TPSA) is 75.3 Å². The van der Waals surface area contributed by atoms with Gasteiger partial charge in [-0.2, -0.15) is 13.2 Å². The summed E-state index contributed by atoms with van der Waals surface area (Å²) >= 11 is 5.80. The number of rotatable bonds is 4. The molecule has 0 aliphatic heterocycles. The Labute approximate surface area is 146 Å². The van der Waals surface area contributed by atoms with Crippen molar-refractivity contribution in [2.75, 3.05) is 10.0 Å². The molecule has 0 aromatic heterocycles. The lowest BCUT2D eigenvalue weighted by Gasteiger charge is -2.16. The van der Waals surface area contributed by atoms with Gasteiger partial charge in [-0.15, -0.1) is 0 Å². The van der Waals surface area contributed by atoms with Gasteiger partial charge in [-0.05, 0) is 30.3 Å². The Morgan fingerprint density at radius 3 is 2.32 bits per heavy atom. The number of carbonyl (C=O) groups excluding carboxylic acids is 1. The zero-order chi connectivity index (χ0) is 18.8. The summed E-state index contributed by atoms with van der Waals surface area (Å²) in [6, 6.07) is 8.08. The quantitative estimate of drug-likeness (QED) is 0.821. The highest BCUT2D eigenvalue weighted by Gasteiger charge is 2.35. The molecule has 25 heavy (non-hydrogen) atoms. The lowest BCUT2D eigenvalue weighted by molar-refractivity contribution is -0.136. The third-order valence-electron chi connectivity index (χ3n) is 3.02. The minimum Gasteiger partial charge on any atom is -0.326 e. The summed E-state index contributed by atoms with van der Waals surface area (Å²) < 4.78 is 66.3. The van der Waals surface area contributed by atoms with E-state index in [4.69, 9.17) is 11.6 Å². The van der Waals surface area contributed by atoms with E-state index in [1.165, 1.54) is 24.3 Å². The lowest BCUT2D eigenvalue weighted by atomic mass is 10.1. The van der Waals surface area contributed by atoms with Crippen molar-refractivity contribution >= 4 is 38.9 Å². The summed E-state index contributed by atoms with van der Waals surface area (Å²) in [7, 11) is -4.33. The largest absolute Gasteiger partial charge is 0.418 e. The second kappa shape index (κ2) is 6.93. The van der Waals surface area contributed by atoms with E-state index >= 15 is 0 Å². The standard InChI is InChI=1S/C15H12ClF3N2O3S/c1-9(22)20-10-6-7-13(11(8-10)15(17,18)19)21-25(23,24)14-5-3-2-4-12(14)16/h2-8,21H,1H3,(H,20,22). The number of amides is 1. The molecule has 0 radical (unpaired) electrons. The second-order valence-corrected chi connectivity index (χ2v) is 7.03. The Balaban J connectivity index is 2.48. The number of alkyl halides is 3. The summed E-state index contributed by atoms with van der Waals surface area (Å²) in [4.78, 5) is 10.6. The third-order valence-corrected chi connectivity index (χ3v) is 4.88. The van der Waals surface area contributed by atoms with Crippen LogP contribution in [0.5, 0.6) is 0 Å². The number of hydrogen-bond donors (Lipinski definition) is 2. The van der Waals surface area contributed by atoms with E-state index in [0.717, 1.165) is 19.1 Å². The Bertz CT molecular complexity index is 914. The summed E-state index contributed by atoms with van der Waals surface area (Å²) in [5.41, 5.74) is -2.03. The van der Waals surface area contributed by atoms with E-state index < -0.39 is 33.4 Å². The van der Waals surface area contributed by atoms with Crippen molar-refractivity contribution in [3.05, 3.63) is 53.1 Å². The first-order valence-electron chi connectivity index (χ1n) is 6.77. The molecule has 0 fully saturated rings. The highest BCUT2D eigenvalue weighted by atomic mass is 35.5. The number of hydrogen-bond acceptors (Lipinski definition) is 3. The van der Waals surface area contributed by atoms with Gasteiger partial charge >= 0.3 is 6.18 Å². The van der Waals surface area contributed by atoms with Crippen LogP contribution >= 0.6 is 11.6 Å². The van der Waals surface area contributed by atoms with Crippen LogP contribution in [0.25, 0.3) is 0 Å². The molecule has 0 spiro atoms. The zero-order valence-corrected chi connectivity index (χ0v) is 14.3. The number of sulfonamides is 1. The number of halogens is 4. The molecular formula is C15H12ClF3N2O3S. The molecule has 0 saturated carbocycles. The Morgan fingerprint density at radius 2 is 1.76 bits per heavy atom. The highest BCUT2D eigenvalue weighted by Crippen LogP contribution is 2.37. The van der Waals surface area contributed by atoms with Gasteiger partial charge in [-0.3, -0.25) is 9.52 Å². The van der Waals surface area contributed by atoms with Crippen LogP contribution in [0.15, 0.2) is 47.4 Å². The van der Waals surface area contributed by atoms with Crippen molar-refractivity contribution in [2.24, 2.45) is 0 Å². The maximum Gasteiger partial charge on any atom is 0.418 e. The van der Waals surface area contributed by atoms with Crippen LogP contribution in [0.2, 0.25) is 5.02 Å². The van der Waals surface area contributed by atoms with Crippen molar-refractivity contribution in [1.82, 2.24) is 0 Å². The van der Waals surface area contributed by atoms with E-state index in [2.05, 4.69) is 5.32 Å². The average Bonchev–Trinajstić information content (AvgIpc) is 2.47. The Kier molecular flexibility index (Phi) is 5.28. The van der Waals surface area contributed by atoms with Gasteiger partial charge in [-0.25, -0.2) is 8.42 Å². The maximum atomic E-state index is 13.2. The second-order valence-electron chi connectivity index (χ2n) is 4.98. The fraction of sp³-hybridized carbons (Fsp3) is 0.133. The molecule has 0 aliphatic rings. The molecule has 134 valence electrons. The van der Waals surface area contributed by atoms with Gasteiger partial charge in [-0.1, -0.05) is 23.7 Å². The molecule has 0 saturated heterocycles. The van der Waals surface area contributed by atoms with E-state index in [1.807, 2.05) is 4.72 Å². The predicted molar refractivity (Wildman–Crippen MR) is 88.0 cm³/mol. The van der Waals surface area contributed by atoms with Crippen LogP contribution < -0.4 is 10.0 Å². The molecule has 2 aromatic rings. The first kappa shape index (κ1) is 19.1. The minimum absolute atomic E-state index is 0.111. The van der Waals surface area contributed by atoms with Crippen LogP contribution in [0.4, 0.5) is 24.5 Å². The molecule has 0 bridgehead atoms. The monoisotopic (exact) mass is 392 g/mol. The van der Waals surface area contributed by atoms with Gasteiger partial charge in [0.25, 0.3) is 10.0 Å². The van der Waals surface area contributed by atoms with Crippen molar-refractivity contribution < 1.29 is 26.4 Å². The van der Waals surface area contributed by atoms with Crippen molar-refractivity contribution in [3.63, 3.8) is 0 Å². The molecule has 0 unspecified atom stereocenters. The van der Waals surface area contributed by atoms with Gasteiger partial charge in [0, 0.05) is 12.6 Å². The fourth-order valence-corrected chi connectivity index (χ4v) is 3.61. The van der Waals surface area contributed by atoms with E-state index in [1.54, 1.807) is 0 Å². The van der Waals surface area contributed by atoms with Crippen molar-refractivity contribution in [3.8, 4) is 0 Å². The van der Waals surface area contributed by atoms with E-state index in [-0.39, 0.29) is 15.6 Å². The van der Waals surface area contributed by atoms with E-state index in [0.29, 0.717) is 6.07 Å². The molecule has 5 nitrogen and oxygen atoms in total. The fourth-order valence-electron chi connectivity index (χ4n) is 2.01. The molecule has 2 aromatic carbocycles. The van der Waals surface area contributed by atoms with Crippen molar-refractivity contribution in [2.45, 2.75) is 18.0 Å². The number of carbonyl (C=O) groups is 1. The maximum absolute atomic E-state index is 13.2. The summed E-state index contributed by atoms with van der Waals surface area (Å²) in [6.45, 7) is 1.14. The molecular weight excluding hydrogens is 381 g/mol. The predicted octanol–water partition coefficient (Wildman–Crippen LogP) is 4.12. The Morgan fingerprint density at radius 1 is 1.12 bits per heavy atom. The van der Waals surface area contributed by atoms with Gasteiger partial charge in [0.15, 0.2) is 0 Å². The van der Waals surface area contributed by atoms with Crippen LogP contribution in [-0.4, -0.2) is 14.3 Å². The summed E-state index contributed by atoms with van der Waals surface area (Å²) in [5, 5.41) is 2.08. The van der Waals surface area contributed by atoms with Crippen molar-refractivity contribution in [1.29, 1.82) is 0 Å². The molecule has 0 aliphatic carbocycles. The highest BCUT2D eigenvalue weighted by molar-refractivity contribution is 7.92. The molecule has 2 rings (SSSR count). The Hall–Kier alpha value is -2.26. The molecule has 2 N–H and O–H groups in total. The van der Waals surface area contributed by atoms with E-state index in [9.17, 15) is 26.4 Å². The first-order valence-corrected chi connectivity index (χ1v) is 8.63. The summed E-state index contributed by atoms with van der Waals surface area (Å²) in [5.74, 6) is -0.558. The molecule has 0 atom stereocenters. The normalized spacial score (nSPS) is 11.9. The average molecular weight is 393 g/mol. The van der Waals surface area contributed by atoms with Crippen LogP contribution in [0.1, 0.15) is 12.5 Å². The van der Waals surface area contributed by atoms with Crippen LogP contribution in [-0.2, 0) is 21.0 Å². The lowest BCUT2D eigenvalue weighted by Crippen LogP contribution is -2.18. The number of nitrogens with one attached hydrogen (secondary N) is 2. The number of benzene rings is 2. The molecule has 10 heteroatoms. The zero-order valence-electron chi connectivity index (χ0n) is 12.7. The third kappa shape index (κ3) is 4.64. The first-order chi connectivity index (χ1) is 11.5. The van der Waals surface area contributed by atoms with Gasteiger partial charge in [0.1, 0.15) is 4.90 Å². The minimum atomic E-state index is -4.84. The van der Waals surface area contributed by atoms with Gasteiger partial charge in [0.05, 0.1) is 16.3 Å². The van der Waals surface area contributed by atoms with Gasteiger partial charge < -0.3 is 5.32 Å². The molecule has 1 amide bonds. The SMILES string of the molecule is CC(=O)Nc1ccc(NS(=O)(=O)c2ccccc2Cl)c(C(F)(F)F)c1.